The van der Waals surface area contributed by atoms with Gasteiger partial charge < -0.3 is 5.32 Å². The van der Waals surface area contributed by atoms with E-state index in [1.807, 2.05) is 12.1 Å². The maximum Gasteiger partial charge on any atom is 0.126 e. The van der Waals surface area contributed by atoms with E-state index in [1.54, 1.807) is 13.0 Å². The monoisotopic (exact) mass is 251 g/mol. The van der Waals surface area contributed by atoms with E-state index < -0.39 is 0 Å². The maximum atomic E-state index is 13.4. The van der Waals surface area contributed by atoms with Gasteiger partial charge in [0.15, 0.2) is 0 Å². The second-order valence-corrected chi connectivity index (χ2v) is 7.06. The molecule has 0 aliphatic carbocycles. The van der Waals surface area contributed by atoms with Crippen molar-refractivity contribution in [1.82, 2.24) is 5.32 Å². The molecule has 0 aromatic heterocycles. The van der Waals surface area contributed by atoms with Crippen LogP contribution in [0.1, 0.15) is 52.2 Å². The zero-order valence-electron chi connectivity index (χ0n) is 12.5. The Labute approximate surface area is 111 Å². The molecule has 1 rings (SSSR count). The molecule has 18 heavy (non-hydrogen) atoms. The number of hydrogen-bond donors (Lipinski definition) is 1. The first-order valence-corrected chi connectivity index (χ1v) is 6.59. The standard InChI is InChI=1S/C16H26FN/c1-12-7-8-13(9-14(12)17)10-18-16(5,6)11-15(2,3)4/h7-9,18H,10-11H2,1-6H3. The number of aryl methyl sites for hydroxylation is 1. The van der Waals surface area contributed by atoms with Crippen molar-refractivity contribution in [1.29, 1.82) is 0 Å². The SMILES string of the molecule is Cc1ccc(CNC(C)(C)CC(C)(C)C)cc1F. The molecule has 0 bridgehead atoms. The van der Waals surface area contributed by atoms with Gasteiger partial charge in [-0.05, 0) is 49.8 Å². The third-order valence-electron chi connectivity index (χ3n) is 2.98. The predicted molar refractivity (Wildman–Crippen MR) is 76.1 cm³/mol. The molecule has 0 heterocycles. The van der Waals surface area contributed by atoms with Gasteiger partial charge in [-0.3, -0.25) is 0 Å². The van der Waals surface area contributed by atoms with Crippen LogP contribution in [0, 0.1) is 18.2 Å². The molecular weight excluding hydrogens is 225 g/mol. The minimum atomic E-state index is -0.122. The Hall–Kier alpha value is -0.890. The van der Waals surface area contributed by atoms with E-state index in [4.69, 9.17) is 0 Å². The summed E-state index contributed by atoms with van der Waals surface area (Å²) in [6.45, 7) is 13.6. The van der Waals surface area contributed by atoms with Crippen molar-refractivity contribution in [3.8, 4) is 0 Å². The van der Waals surface area contributed by atoms with Gasteiger partial charge in [-0.25, -0.2) is 4.39 Å². The van der Waals surface area contributed by atoms with Crippen molar-refractivity contribution in [2.24, 2.45) is 5.41 Å². The summed E-state index contributed by atoms with van der Waals surface area (Å²) in [5.74, 6) is -0.122. The number of nitrogens with one attached hydrogen (secondary N) is 1. The van der Waals surface area contributed by atoms with E-state index in [2.05, 4.69) is 39.9 Å². The predicted octanol–water partition coefficient (Wildman–Crippen LogP) is 4.44. The molecule has 0 saturated carbocycles. The zero-order valence-corrected chi connectivity index (χ0v) is 12.5. The van der Waals surface area contributed by atoms with Gasteiger partial charge in [0.2, 0.25) is 0 Å². The summed E-state index contributed by atoms with van der Waals surface area (Å²) >= 11 is 0. The Kier molecular flexibility index (Phi) is 4.55. The molecule has 2 heteroatoms. The van der Waals surface area contributed by atoms with Gasteiger partial charge >= 0.3 is 0 Å². The van der Waals surface area contributed by atoms with Crippen LogP contribution in [-0.2, 0) is 6.54 Å². The minimum absolute atomic E-state index is 0.0552. The lowest BCUT2D eigenvalue weighted by molar-refractivity contribution is 0.240. The molecule has 1 aromatic rings. The van der Waals surface area contributed by atoms with Gasteiger partial charge in [0.1, 0.15) is 5.82 Å². The van der Waals surface area contributed by atoms with Crippen molar-refractivity contribution >= 4 is 0 Å². The highest BCUT2D eigenvalue weighted by Gasteiger charge is 2.24. The van der Waals surface area contributed by atoms with Crippen LogP contribution in [0.3, 0.4) is 0 Å². The van der Waals surface area contributed by atoms with E-state index in [-0.39, 0.29) is 16.8 Å². The Morgan fingerprint density at radius 2 is 1.72 bits per heavy atom. The molecule has 0 spiro atoms. The Morgan fingerprint density at radius 3 is 2.22 bits per heavy atom. The van der Waals surface area contributed by atoms with Crippen LogP contribution < -0.4 is 5.32 Å². The van der Waals surface area contributed by atoms with Crippen LogP contribution >= 0.6 is 0 Å². The van der Waals surface area contributed by atoms with Crippen molar-refractivity contribution in [3.63, 3.8) is 0 Å². The van der Waals surface area contributed by atoms with Crippen LogP contribution in [0.4, 0.5) is 4.39 Å². The quantitative estimate of drug-likeness (QED) is 0.834. The van der Waals surface area contributed by atoms with E-state index in [1.165, 1.54) is 0 Å². The number of hydrogen-bond acceptors (Lipinski definition) is 1. The molecule has 0 unspecified atom stereocenters. The molecule has 0 saturated heterocycles. The number of halogens is 1. The molecule has 0 aliphatic heterocycles. The fourth-order valence-corrected chi connectivity index (χ4v) is 2.48. The summed E-state index contributed by atoms with van der Waals surface area (Å²) in [5, 5.41) is 3.51. The molecule has 1 N–H and O–H groups in total. The molecule has 0 radical (unpaired) electrons. The average Bonchev–Trinajstić information content (AvgIpc) is 2.16. The van der Waals surface area contributed by atoms with Gasteiger partial charge in [-0.15, -0.1) is 0 Å². The van der Waals surface area contributed by atoms with Crippen LogP contribution in [0.2, 0.25) is 0 Å². The lowest BCUT2D eigenvalue weighted by Gasteiger charge is -2.33. The summed E-state index contributed by atoms with van der Waals surface area (Å²) in [6, 6.07) is 5.44. The number of benzene rings is 1. The van der Waals surface area contributed by atoms with Gasteiger partial charge in [0.25, 0.3) is 0 Å². The molecule has 1 nitrogen and oxygen atoms in total. The summed E-state index contributed by atoms with van der Waals surface area (Å²) in [5.41, 5.74) is 2.04. The van der Waals surface area contributed by atoms with Gasteiger partial charge in [0, 0.05) is 12.1 Å². The van der Waals surface area contributed by atoms with E-state index in [0.717, 1.165) is 12.0 Å². The topological polar surface area (TPSA) is 12.0 Å². The van der Waals surface area contributed by atoms with Gasteiger partial charge in [0.05, 0.1) is 0 Å². The largest absolute Gasteiger partial charge is 0.308 e. The van der Waals surface area contributed by atoms with Crippen LogP contribution in [0.15, 0.2) is 18.2 Å². The van der Waals surface area contributed by atoms with E-state index in [0.29, 0.717) is 12.1 Å². The molecule has 0 amide bonds. The second-order valence-electron chi connectivity index (χ2n) is 7.06. The fraction of sp³-hybridized carbons (Fsp3) is 0.625. The highest BCUT2D eigenvalue weighted by molar-refractivity contribution is 5.23. The Balaban J connectivity index is 2.61. The first kappa shape index (κ1) is 15.2. The maximum absolute atomic E-state index is 13.4. The first-order valence-electron chi connectivity index (χ1n) is 6.59. The lowest BCUT2D eigenvalue weighted by Crippen LogP contribution is -2.41. The Morgan fingerprint density at radius 1 is 1.11 bits per heavy atom. The zero-order chi connectivity index (χ0) is 14.0. The van der Waals surface area contributed by atoms with Crippen LogP contribution in [-0.4, -0.2) is 5.54 Å². The molecule has 0 fully saturated rings. The average molecular weight is 251 g/mol. The summed E-state index contributed by atoms with van der Waals surface area (Å²) in [4.78, 5) is 0. The van der Waals surface area contributed by atoms with Gasteiger partial charge in [-0.2, -0.15) is 0 Å². The fourth-order valence-electron chi connectivity index (χ4n) is 2.48. The van der Waals surface area contributed by atoms with Crippen molar-refractivity contribution < 1.29 is 4.39 Å². The molecular formula is C16H26FN. The third-order valence-corrected chi connectivity index (χ3v) is 2.98. The van der Waals surface area contributed by atoms with Crippen molar-refractivity contribution in [2.75, 3.05) is 0 Å². The van der Waals surface area contributed by atoms with Crippen molar-refractivity contribution in [2.45, 2.75) is 60.0 Å². The molecule has 1 aromatic carbocycles. The highest BCUT2D eigenvalue weighted by atomic mass is 19.1. The third kappa shape index (κ3) is 5.18. The Bertz CT molecular complexity index is 402. The van der Waals surface area contributed by atoms with E-state index >= 15 is 0 Å². The summed E-state index contributed by atoms with van der Waals surface area (Å²) in [7, 11) is 0. The molecule has 0 aliphatic rings. The smallest absolute Gasteiger partial charge is 0.126 e. The molecule has 102 valence electrons. The van der Waals surface area contributed by atoms with Crippen LogP contribution in [0.25, 0.3) is 0 Å². The van der Waals surface area contributed by atoms with E-state index in [9.17, 15) is 4.39 Å². The minimum Gasteiger partial charge on any atom is -0.308 e. The highest BCUT2D eigenvalue weighted by Crippen LogP contribution is 2.27. The van der Waals surface area contributed by atoms with Gasteiger partial charge in [-0.1, -0.05) is 32.9 Å². The lowest BCUT2D eigenvalue weighted by atomic mass is 9.82. The summed E-state index contributed by atoms with van der Waals surface area (Å²) in [6.07, 6.45) is 1.08. The van der Waals surface area contributed by atoms with Crippen LogP contribution in [0.5, 0.6) is 0 Å². The number of rotatable bonds is 4. The second kappa shape index (κ2) is 5.40. The first-order chi connectivity index (χ1) is 8.09. The van der Waals surface area contributed by atoms with Crippen molar-refractivity contribution in [3.05, 3.63) is 35.1 Å². The normalized spacial score (nSPS) is 12.8. The molecule has 0 atom stereocenters. The summed E-state index contributed by atoms with van der Waals surface area (Å²) < 4.78 is 13.4.